The Labute approximate surface area is 87.5 Å². The van der Waals surface area contributed by atoms with Crippen molar-refractivity contribution in [2.75, 3.05) is 11.5 Å². The normalized spacial score (nSPS) is 8.92. The highest BCUT2D eigenvalue weighted by molar-refractivity contribution is 5.88. The molecule has 0 bridgehead atoms. The van der Waals surface area contributed by atoms with Crippen molar-refractivity contribution in [2.24, 2.45) is 0 Å². The molecule has 2 aromatic rings. The number of H-pyrrole nitrogens is 1. The molecule has 13 heavy (non-hydrogen) atoms. The Morgan fingerprint density at radius 1 is 1.23 bits per heavy atom. The van der Waals surface area contributed by atoms with Gasteiger partial charge in [-0.3, -0.25) is 4.98 Å². The van der Waals surface area contributed by atoms with Crippen LogP contribution in [0.2, 0.25) is 0 Å². The minimum absolute atomic E-state index is 0. The summed E-state index contributed by atoms with van der Waals surface area (Å²) in [6, 6.07) is 1.80. The number of nitrogens with one attached hydrogen (secondary N) is 1. The Morgan fingerprint density at radius 2 is 1.92 bits per heavy atom. The number of nitrogen functional groups attached to an aromatic ring is 2. The van der Waals surface area contributed by atoms with Gasteiger partial charge in [0.05, 0.1) is 23.1 Å². The van der Waals surface area contributed by atoms with E-state index in [1.807, 2.05) is 0 Å². The van der Waals surface area contributed by atoms with E-state index in [-0.39, 0.29) is 24.8 Å². The number of anilines is 2. The summed E-state index contributed by atoms with van der Waals surface area (Å²) in [4.78, 5) is 7.02. The fourth-order valence-electron chi connectivity index (χ4n) is 1.04. The van der Waals surface area contributed by atoms with E-state index < -0.39 is 0 Å². The van der Waals surface area contributed by atoms with Gasteiger partial charge in [0.15, 0.2) is 0 Å². The summed E-state index contributed by atoms with van der Waals surface area (Å²) in [7, 11) is 0. The maximum Gasteiger partial charge on any atom is 0.111 e. The molecule has 5 N–H and O–H groups in total. The molecule has 0 unspecified atom stereocenters. The molecule has 0 spiro atoms. The van der Waals surface area contributed by atoms with E-state index in [2.05, 4.69) is 9.97 Å². The van der Waals surface area contributed by atoms with Crippen molar-refractivity contribution in [2.45, 2.75) is 0 Å². The topological polar surface area (TPSA) is 80.7 Å². The number of nitrogens with two attached hydrogens (primary N) is 2. The molecule has 2 rings (SSSR count). The van der Waals surface area contributed by atoms with Crippen molar-refractivity contribution in [1.82, 2.24) is 9.97 Å². The molecule has 0 radical (unpaired) electrons. The average molecular weight is 221 g/mol. The van der Waals surface area contributed by atoms with Gasteiger partial charge in [-0.15, -0.1) is 24.8 Å². The molecular formula is C7H10Cl2N4. The largest absolute Gasteiger partial charge is 0.397 e. The van der Waals surface area contributed by atoms with E-state index in [9.17, 15) is 0 Å². The van der Waals surface area contributed by atoms with Crippen molar-refractivity contribution < 1.29 is 0 Å². The zero-order valence-electron chi connectivity index (χ0n) is 6.65. The van der Waals surface area contributed by atoms with Crippen LogP contribution in [0.25, 0.3) is 11.0 Å². The first-order valence-corrected chi connectivity index (χ1v) is 3.25. The van der Waals surface area contributed by atoms with Crippen molar-refractivity contribution in [3.63, 3.8) is 0 Å². The van der Waals surface area contributed by atoms with Crippen LogP contribution >= 0.6 is 24.8 Å². The van der Waals surface area contributed by atoms with E-state index in [4.69, 9.17) is 11.5 Å². The van der Waals surface area contributed by atoms with Gasteiger partial charge >= 0.3 is 0 Å². The van der Waals surface area contributed by atoms with Gasteiger partial charge in [0.1, 0.15) is 5.52 Å². The smallest absolute Gasteiger partial charge is 0.111 e. The van der Waals surface area contributed by atoms with Crippen molar-refractivity contribution in [3.05, 3.63) is 18.5 Å². The van der Waals surface area contributed by atoms with Gasteiger partial charge in [0.25, 0.3) is 0 Å². The monoisotopic (exact) mass is 220 g/mol. The van der Waals surface area contributed by atoms with Crippen LogP contribution in [0.1, 0.15) is 0 Å². The second-order valence-electron chi connectivity index (χ2n) is 2.41. The predicted octanol–water partition coefficient (Wildman–Crippen LogP) is 1.57. The lowest BCUT2D eigenvalue weighted by atomic mass is 10.3. The van der Waals surface area contributed by atoms with Crippen LogP contribution in [-0.2, 0) is 0 Å². The third kappa shape index (κ3) is 1.96. The molecule has 0 atom stereocenters. The van der Waals surface area contributed by atoms with Gasteiger partial charge in [0.2, 0.25) is 0 Å². The maximum absolute atomic E-state index is 5.59. The molecular weight excluding hydrogens is 211 g/mol. The number of hydrogen-bond donors (Lipinski definition) is 3. The van der Waals surface area contributed by atoms with Crippen LogP contribution in [0.3, 0.4) is 0 Å². The van der Waals surface area contributed by atoms with Gasteiger partial charge in [-0.1, -0.05) is 0 Å². The summed E-state index contributed by atoms with van der Waals surface area (Å²) >= 11 is 0. The molecule has 0 saturated carbocycles. The third-order valence-electron chi connectivity index (χ3n) is 1.57. The predicted molar refractivity (Wildman–Crippen MR) is 59.4 cm³/mol. The molecule has 0 aliphatic carbocycles. The fourth-order valence-corrected chi connectivity index (χ4v) is 1.04. The Hall–Kier alpha value is -1.13. The first kappa shape index (κ1) is 11.9. The van der Waals surface area contributed by atoms with Crippen molar-refractivity contribution in [3.8, 4) is 0 Å². The maximum atomic E-state index is 5.59. The highest BCUT2D eigenvalue weighted by Crippen LogP contribution is 2.18. The summed E-state index contributed by atoms with van der Waals surface area (Å²) in [6.07, 6.45) is 3.30. The standard InChI is InChI=1S/C7H8N4.2ClH/c8-4-1-6-7(11-2-4)5(9)3-10-6;;/h1-3,10H,8-9H2;2*1H. The Morgan fingerprint density at radius 3 is 2.62 bits per heavy atom. The molecule has 0 amide bonds. The van der Waals surface area contributed by atoms with Gasteiger partial charge in [-0.25, -0.2) is 0 Å². The van der Waals surface area contributed by atoms with Crippen LogP contribution in [0, 0.1) is 0 Å². The van der Waals surface area contributed by atoms with E-state index in [1.54, 1.807) is 18.5 Å². The van der Waals surface area contributed by atoms with Crippen LogP contribution < -0.4 is 11.5 Å². The van der Waals surface area contributed by atoms with Gasteiger partial charge in [0, 0.05) is 6.20 Å². The zero-order chi connectivity index (χ0) is 7.84. The lowest BCUT2D eigenvalue weighted by Crippen LogP contribution is -1.87. The number of aromatic nitrogens is 2. The molecule has 0 aliphatic rings. The first-order valence-electron chi connectivity index (χ1n) is 3.25. The van der Waals surface area contributed by atoms with E-state index in [1.165, 1.54) is 0 Å². The molecule has 2 aromatic heterocycles. The van der Waals surface area contributed by atoms with E-state index >= 15 is 0 Å². The Kier molecular flexibility index (Phi) is 3.84. The van der Waals surface area contributed by atoms with E-state index in [0.29, 0.717) is 11.4 Å². The summed E-state index contributed by atoms with van der Waals surface area (Å²) in [5.41, 5.74) is 14.0. The number of hydrogen-bond acceptors (Lipinski definition) is 3. The molecule has 0 aromatic carbocycles. The minimum Gasteiger partial charge on any atom is -0.397 e. The highest BCUT2D eigenvalue weighted by atomic mass is 35.5. The molecule has 6 heteroatoms. The second-order valence-corrected chi connectivity index (χ2v) is 2.41. The molecule has 0 aliphatic heterocycles. The summed E-state index contributed by atoms with van der Waals surface area (Å²) in [5.74, 6) is 0. The summed E-state index contributed by atoms with van der Waals surface area (Å²) in [5, 5.41) is 0. The van der Waals surface area contributed by atoms with Crippen molar-refractivity contribution >= 4 is 47.2 Å². The van der Waals surface area contributed by atoms with E-state index in [0.717, 1.165) is 11.0 Å². The number of aromatic amines is 1. The zero-order valence-corrected chi connectivity index (χ0v) is 8.28. The number of nitrogens with zero attached hydrogens (tertiary/aromatic N) is 1. The fraction of sp³-hybridized carbons (Fsp3) is 0. The number of pyridine rings is 1. The van der Waals surface area contributed by atoms with Crippen LogP contribution in [-0.4, -0.2) is 9.97 Å². The van der Waals surface area contributed by atoms with Crippen LogP contribution in [0.4, 0.5) is 11.4 Å². The Bertz CT molecular complexity index is 398. The number of fused-ring (bicyclic) bond motifs is 1. The van der Waals surface area contributed by atoms with Crippen LogP contribution in [0.15, 0.2) is 18.5 Å². The average Bonchev–Trinajstić information content (AvgIpc) is 2.32. The quantitative estimate of drug-likeness (QED) is 0.631. The van der Waals surface area contributed by atoms with Crippen molar-refractivity contribution in [1.29, 1.82) is 0 Å². The lowest BCUT2D eigenvalue weighted by Gasteiger charge is -1.91. The molecule has 72 valence electrons. The third-order valence-corrected chi connectivity index (χ3v) is 1.57. The summed E-state index contributed by atoms with van der Waals surface area (Å²) in [6.45, 7) is 0. The second kappa shape index (κ2) is 4.20. The lowest BCUT2D eigenvalue weighted by molar-refractivity contribution is 1.41. The molecule has 2 heterocycles. The van der Waals surface area contributed by atoms with Gasteiger partial charge in [-0.05, 0) is 6.07 Å². The molecule has 0 saturated heterocycles. The van der Waals surface area contributed by atoms with Gasteiger partial charge in [-0.2, -0.15) is 0 Å². The highest BCUT2D eigenvalue weighted by Gasteiger charge is 1.99. The molecule has 0 fully saturated rings. The van der Waals surface area contributed by atoms with Crippen LogP contribution in [0.5, 0.6) is 0 Å². The Balaban J connectivity index is 0.000000720. The first-order chi connectivity index (χ1) is 5.27. The SMILES string of the molecule is Cl.Cl.Nc1cnc2c(N)c[nH]c2c1. The van der Waals surface area contributed by atoms with Gasteiger partial charge < -0.3 is 16.5 Å². The minimum atomic E-state index is 0. The number of rotatable bonds is 0. The number of halogens is 2. The summed E-state index contributed by atoms with van der Waals surface area (Å²) < 4.78 is 0. The molecule has 4 nitrogen and oxygen atoms in total.